The van der Waals surface area contributed by atoms with Crippen molar-refractivity contribution in [1.82, 2.24) is 0 Å². The molecule has 0 aromatic rings. The van der Waals surface area contributed by atoms with Gasteiger partial charge in [0.25, 0.3) is 0 Å². The Labute approximate surface area is 57.6 Å². The first-order valence-electron chi connectivity index (χ1n) is 2.41. The molecule has 0 rings (SSSR count). The summed E-state index contributed by atoms with van der Waals surface area (Å²) in [5, 5.41) is 9.48. The SMILES string of the molecule is [O-]CC(C(F)(F)F)C(F)(F)F. The van der Waals surface area contributed by atoms with E-state index in [-0.39, 0.29) is 0 Å². The molecule has 0 radical (unpaired) electrons. The zero-order chi connectivity index (χ0) is 9.28. The van der Waals surface area contributed by atoms with Crippen molar-refractivity contribution in [3.8, 4) is 0 Å². The van der Waals surface area contributed by atoms with E-state index in [4.69, 9.17) is 0 Å². The quantitative estimate of drug-likeness (QED) is 0.555. The molecular weight excluding hydrogens is 178 g/mol. The normalized spacial score (nSPS) is 14.2. The van der Waals surface area contributed by atoms with Gasteiger partial charge in [-0.25, -0.2) is 0 Å². The van der Waals surface area contributed by atoms with E-state index >= 15 is 0 Å². The van der Waals surface area contributed by atoms with Crippen molar-refractivity contribution in [3.63, 3.8) is 0 Å². The molecular formula is C4H3F6O-. The minimum absolute atomic E-state index is 2.22. The van der Waals surface area contributed by atoms with E-state index in [1.54, 1.807) is 0 Å². The molecule has 68 valence electrons. The highest BCUT2D eigenvalue weighted by Crippen LogP contribution is 2.37. The zero-order valence-electron chi connectivity index (χ0n) is 4.96. The van der Waals surface area contributed by atoms with E-state index in [2.05, 4.69) is 0 Å². The Morgan fingerprint density at radius 1 is 0.909 bits per heavy atom. The standard InChI is InChI=1S/C4H3F6O/c5-3(6,7)2(1-11)4(8,9)10/h2H,1H2/q-1. The van der Waals surface area contributed by atoms with Gasteiger partial charge in [0.1, 0.15) is 5.92 Å². The molecule has 0 aromatic heterocycles. The van der Waals surface area contributed by atoms with Crippen molar-refractivity contribution < 1.29 is 31.4 Å². The first-order chi connectivity index (χ1) is 4.69. The van der Waals surface area contributed by atoms with Gasteiger partial charge in [0, 0.05) is 0 Å². The van der Waals surface area contributed by atoms with E-state index in [0.29, 0.717) is 0 Å². The van der Waals surface area contributed by atoms with Gasteiger partial charge in [-0.05, 0) is 0 Å². The van der Waals surface area contributed by atoms with E-state index in [0.717, 1.165) is 0 Å². The van der Waals surface area contributed by atoms with Crippen molar-refractivity contribution in [3.05, 3.63) is 0 Å². The third-order valence-electron chi connectivity index (χ3n) is 0.957. The average molecular weight is 181 g/mol. The van der Waals surface area contributed by atoms with Gasteiger partial charge in [0.15, 0.2) is 0 Å². The number of halogens is 6. The lowest BCUT2D eigenvalue weighted by Gasteiger charge is -2.24. The number of hydrogen-bond donors (Lipinski definition) is 0. The smallest absolute Gasteiger partial charge is 0.399 e. The predicted molar refractivity (Wildman–Crippen MR) is 20.5 cm³/mol. The molecule has 0 atom stereocenters. The van der Waals surface area contributed by atoms with Gasteiger partial charge in [0.2, 0.25) is 0 Å². The maximum absolute atomic E-state index is 11.3. The van der Waals surface area contributed by atoms with Crippen LogP contribution >= 0.6 is 0 Å². The molecule has 0 bridgehead atoms. The number of rotatable bonds is 1. The fraction of sp³-hybridized carbons (Fsp3) is 1.00. The highest BCUT2D eigenvalue weighted by molar-refractivity contribution is 4.73. The molecule has 0 heterocycles. The molecule has 11 heavy (non-hydrogen) atoms. The largest absolute Gasteiger partial charge is 0.854 e. The molecule has 1 nitrogen and oxygen atoms in total. The monoisotopic (exact) mass is 181 g/mol. The van der Waals surface area contributed by atoms with Crippen molar-refractivity contribution >= 4 is 0 Å². The molecule has 0 fully saturated rings. The van der Waals surface area contributed by atoms with Gasteiger partial charge in [-0.2, -0.15) is 26.3 Å². The fourth-order valence-corrected chi connectivity index (χ4v) is 0.375. The van der Waals surface area contributed by atoms with Crippen LogP contribution in [0.3, 0.4) is 0 Å². The van der Waals surface area contributed by atoms with Gasteiger partial charge in [-0.15, -0.1) is 6.61 Å². The van der Waals surface area contributed by atoms with Crippen LogP contribution in [0.2, 0.25) is 0 Å². The lowest BCUT2D eigenvalue weighted by molar-refractivity contribution is -0.425. The minimum atomic E-state index is -5.49. The summed E-state index contributed by atoms with van der Waals surface area (Å²) in [6.45, 7) is -2.22. The summed E-state index contributed by atoms with van der Waals surface area (Å²) >= 11 is 0. The molecule has 0 N–H and O–H groups in total. The maximum Gasteiger partial charge on any atom is 0.399 e. The summed E-state index contributed by atoms with van der Waals surface area (Å²) < 4.78 is 67.8. The molecule has 0 saturated heterocycles. The van der Waals surface area contributed by atoms with Crippen LogP contribution in [-0.4, -0.2) is 19.0 Å². The molecule has 7 heteroatoms. The highest BCUT2D eigenvalue weighted by atomic mass is 19.4. The van der Waals surface area contributed by atoms with Crippen LogP contribution < -0.4 is 5.11 Å². The second-order valence-electron chi connectivity index (χ2n) is 1.80. The van der Waals surface area contributed by atoms with Crippen LogP contribution in [0.1, 0.15) is 0 Å². The Morgan fingerprint density at radius 3 is 1.18 bits per heavy atom. The molecule has 0 spiro atoms. The van der Waals surface area contributed by atoms with E-state index in [9.17, 15) is 31.4 Å². The first-order valence-corrected chi connectivity index (χ1v) is 2.41. The summed E-state index contributed by atoms with van der Waals surface area (Å²) in [6, 6.07) is 0. The highest BCUT2D eigenvalue weighted by Gasteiger charge is 2.53. The fourth-order valence-electron chi connectivity index (χ4n) is 0.375. The van der Waals surface area contributed by atoms with E-state index in [1.165, 1.54) is 0 Å². The summed E-state index contributed by atoms with van der Waals surface area (Å²) in [5.41, 5.74) is 0. The lowest BCUT2D eigenvalue weighted by Crippen LogP contribution is -2.42. The summed E-state index contributed by atoms with van der Waals surface area (Å²) in [6.07, 6.45) is -11.0. The van der Waals surface area contributed by atoms with Gasteiger partial charge >= 0.3 is 12.4 Å². The van der Waals surface area contributed by atoms with Crippen molar-refractivity contribution in [1.29, 1.82) is 0 Å². The average Bonchev–Trinajstić information content (AvgIpc) is 1.56. The van der Waals surface area contributed by atoms with Crippen molar-refractivity contribution in [2.24, 2.45) is 5.92 Å². The van der Waals surface area contributed by atoms with Crippen LogP contribution in [0.5, 0.6) is 0 Å². The molecule has 0 saturated carbocycles. The summed E-state index contributed by atoms with van der Waals surface area (Å²) in [7, 11) is 0. The Bertz CT molecular complexity index is 110. The Morgan fingerprint density at radius 2 is 1.18 bits per heavy atom. The summed E-state index contributed by atoms with van der Waals surface area (Å²) in [4.78, 5) is 0. The molecule has 0 amide bonds. The van der Waals surface area contributed by atoms with E-state index in [1.807, 2.05) is 0 Å². The predicted octanol–water partition coefficient (Wildman–Crippen LogP) is 1.09. The molecule has 0 aliphatic heterocycles. The second kappa shape index (κ2) is 2.88. The Balaban J connectivity index is 4.43. The van der Waals surface area contributed by atoms with E-state index < -0.39 is 24.9 Å². The summed E-state index contributed by atoms with van der Waals surface area (Å²) in [5.74, 6) is -3.74. The third-order valence-corrected chi connectivity index (χ3v) is 0.957. The Hall–Kier alpha value is -0.460. The Kier molecular flexibility index (Phi) is 2.76. The zero-order valence-corrected chi connectivity index (χ0v) is 4.96. The van der Waals surface area contributed by atoms with Crippen LogP contribution in [-0.2, 0) is 0 Å². The van der Waals surface area contributed by atoms with Crippen LogP contribution in [0, 0.1) is 5.92 Å². The number of alkyl halides is 6. The van der Waals surface area contributed by atoms with Gasteiger partial charge in [0.05, 0.1) is 0 Å². The second-order valence-corrected chi connectivity index (χ2v) is 1.80. The van der Waals surface area contributed by atoms with Crippen LogP contribution in [0.4, 0.5) is 26.3 Å². The van der Waals surface area contributed by atoms with Crippen molar-refractivity contribution in [2.45, 2.75) is 12.4 Å². The van der Waals surface area contributed by atoms with Gasteiger partial charge in [-0.3, -0.25) is 0 Å². The molecule has 0 aliphatic carbocycles. The van der Waals surface area contributed by atoms with Gasteiger partial charge < -0.3 is 5.11 Å². The van der Waals surface area contributed by atoms with Crippen molar-refractivity contribution in [2.75, 3.05) is 6.61 Å². The minimum Gasteiger partial charge on any atom is -0.854 e. The third kappa shape index (κ3) is 2.96. The number of hydrogen-bond acceptors (Lipinski definition) is 1. The van der Waals surface area contributed by atoms with Crippen LogP contribution in [0.15, 0.2) is 0 Å². The molecule has 0 unspecified atom stereocenters. The first kappa shape index (κ1) is 10.5. The lowest BCUT2D eigenvalue weighted by atomic mass is 10.1. The molecule has 0 aromatic carbocycles. The topological polar surface area (TPSA) is 23.1 Å². The van der Waals surface area contributed by atoms with Crippen LogP contribution in [0.25, 0.3) is 0 Å². The van der Waals surface area contributed by atoms with Gasteiger partial charge in [-0.1, -0.05) is 0 Å². The maximum atomic E-state index is 11.3. The molecule has 0 aliphatic rings.